The van der Waals surface area contributed by atoms with E-state index in [1.807, 2.05) is 0 Å². The van der Waals surface area contributed by atoms with Gasteiger partial charge < -0.3 is 22.1 Å². The summed E-state index contributed by atoms with van der Waals surface area (Å²) in [6.07, 6.45) is 0. The molecule has 18 heteroatoms. The highest BCUT2D eigenvalue weighted by atomic mass is 19.1. The molecule has 0 fully saturated rings. The molecule has 0 bridgehead atoms. The summed E-state index contributed by atoms with van der Waals surface area (Å²) in [6.45, 7) is 0. The number of nitro benzene ring substituents is 4. The highest BCUT2D eigenvalue weighted by Crippen LogP contribution is 2.40. The molecule has 0 heterocycles. The zero-order chi connectivity index (χ0) is 26.9. The van der Waals surface area contributed by atoms with Crippen molar-refractivity contribution in [2.75, 3.05) is 22.1 Å². The van der Waals surface area contributed by atoms with Crippen LogP contribution in [0.3, 0.4) is 0 Å². The lowest BCUT2D eigenvalue weighted by molar-refractivity contribution is -0.395. The number of nitrogens with two attached hydrogens (primary N) is 2. The van der Waals surface area contributed by atoms with Crippen molar-refractivity contribution in [2.45, 2.75) is 0 Å². The number of hydrogen-bond acceptors (Lipinski definition) is 12. The van der Waals surface area contributed by atoms with Gasteiger partial charge in [0, 0.05) is 12.1 Å². The first-order valence-electron chi connectivity index (χ1n) is 9.27. The fourth-order valence-electron chi connectivity index (χ4n) is 3.02. The lowest BCUT2D eigenvalue weighted by Crippen LogP contribution is -2.06. The fraction of sp³-hybridized carbons (Fsp3) is 0. The molecule has 0 aromatic heterocycles. The van der Waals surface area contributed by atoms with Crippen molar-refractivity contribution in [3.63, 3.8) is 0 Å². The van der Waals surface area contributed by atoms with Crippen molar-refractivity contribution in [1.29, 1.82) is 0 Å². The van der Waals surface area contributed by atoms with Gasteiger partial charge in [-0.25, -0.2) is 0 Å². The van der Waals surface area contributed by atoms with Crippen LogP contribution in [-0.2, 0) is 0 Å². The molecule has 186 valence electrons. The summed E-state index contributed by atoms with van der Waals surface area (Å²) in [5, 5.41) is 49.4. The van der Waals surface area contributed by atoms with Gasteiger partial charge in [-0.2, -0.15) is 8.78 Å². The van der Waals surface area contributed by atoms with Crippen molar-refractivity contribution in [1.82, 2.24) is 0 Å². The average molecular weight is 506 g/mol. The monoisotopic (exact) mass is 506 g/mol. The molecular formula is C18H12F2N8O8. The Balaban J connectivity index is 2.08. The Labute approximate surface area is 196 Å². The molecule has 3 aromatic rings. The second-order valence-electron chi connectivity index (χ2n) is 6.95. The molecule has 6 N–H and O–H groups in total. The third-order valence-corrected chi connectivity index (χ3v) is 4.68. The van der Waals surface area contributed by atoms with Crippen LogP contribution in [-0.4, -0.2) is 19.7 Å². The van der Waals surface area contributed by atoms with Gasteiger partial charge in [0.25, 0.3) is 11.4 Å². The SMILES string of the molecule is Nc1cc(N)c(Nc2cc(F)c([N+](=O)[O-])cc2[N+](=O)[O-])cc1Nc1cc(F)c([N+](=O)[O-])cc1[N+](=O)[O-]. The molecule has 0 aliphatic rings. The zero-order valence-electron chi connectivity index (χ0n) is 17.4. The molecule has 0 aliphatic carbocycles. The lowest BCUT2D eigenvalue weighted by atomic mass is 10.1. The van der Waals surface area contributed by atoms with E-state index in [-0.39, 0.29) is 22.7 Å². The maximum atomic E-state index is 14.1. The number of nitrogen functional groups attached to an aromatic ring is 2. The number of halogens is 2. The quantitative estimate of drug-likeness (QED) is 0.190. The minimum absolute atomic E-state index is 0.143. The Morgan fingerprint density at radius 3 is 1.17 bits per heavy atom. The van der Waals surface area contributed by atoms with Gasteiger partial charge in [0.1, 0.15) is 11.4 Å². The van der Waals surface area contributed by atoms with E-state index in [0.29, 0.717) is 24.3 Å². The van der Waals surface area contributed by atoms with Crippen LogP contribution in [0.1, 0.15) is 0 Å². The minimum atomic E-state index is -1.39. The number of benzene rings is 3. The van der Waals surface area contributed by atoms with Gasteiger partial charge in [0.2, 0.25) is 11.6 Å². The smallest absolute Gasteiger partial charge is 0.311 e. The summed E-state index contributed by atoms with van der Waals surface area (Å²) in [5.41, 5.74) is 5.99. The molecule has 3 aromatic carbocycles. The maximum Gasteiger partial charge on any atom is 0.311 e. The summed E-state index contributed by atoms with van der Waals surface area (Å²) in [5.74, 6) is -2.78. The number of nitrogens with one attached hydrogen (secondary N) is 2. The van der Waals surface area contributed by atoms with Crippen molar-refractivity contribution in [2.24, 2.45) is 0 Å². The van der Waals surface area contributed by atoms with E-state index in [1.54, 1.807) is 0 Å². The van der Waals surface area contributed by atoms with E-state index < -0.39 is 65.5 Å². The van der Waals surface area contributed by atoms with E-state index in [4.69, 9.17) is 11.5 Å². The highest BCUT2D eigenvalue weighted by Gasteiger charge is 2.27. The topological polar surface area (TPSA) is 249 Å². The largest absolute Gasteiger partial charge is 0.397 e. The van der Waals surface area contributed by atoms with Gasteiger partial charge in [-0.3, -0.25) is 40.5 Å². The van der Waals surface area contributed by atoms with Gasteiger partial charge in [-0.1, -0.05) is 0 Å². The van der Waals surface area contributed by atoms with Crippen LogP contribution in [0.5, 0.6) is 0 Å². The maximum absolute atomic E-state index is 14.1. The third kappa shape index (κ3) is 4.81. The van der Waals surface area contributed by atoms with Crippen molar-refractivity contribution in [3.05, 3.63) is 88.5 Å². The molecule has 0 spiro atoms. The Bertz CT molecular complexity index is 1360. The second-order valence-corrected chi connectivity index (χ2v) is 6.95. The highest BCUT2D eigenvalue weighted by molar-refractivity contribution is 5.88. The van der Waals surface area contributed by atoms with Crippen molar-refractivity contribution < 1.29 is 28.5 Å². The number of hydrogen-bond donors (Lipinski definition) is 4. The Hall–Kier alpha value is -5.68. The summed E-state index contributed by atoms with van der Waals surface area (Å²) in [6, 6.07) is 3.97. The molecule has 3 rings (SSSR count). The van der Waals surface area contributed by atoms with Gasteiger partial charge in [-0.15, -0.1) is 0 Å². The van der Waals surface area contributed by atoms with Crippen LogP contribution in [0.25, 0.3) is 0 Å². The van der Waals surface area contributed by atoms with Crippen LogP contribution in [0, 0.1) is 52.1 Å². The van der Waals surface area contributed by atoms with Crippen LogP contribution >= 0.6 is 0 Å². The molecule has 0 radical (unpaired) electrons. The molecule has 0 amide bonds. The Kier molecular flexibility index (Phi) is 6.44. The Morgan fingerprint density at radius 1 is 0.528 bits per heavy atom. The molecule has 36 heavy (non-hydrogen) atoms. The van der Waals surface area contributed by atoms with Crippen molar-refractivity contribution >= 4 is 56.9 Å². The van der Waals surface area contributed by atoms with E-state index in [0.717, 1.165) is 12.1 Å². The van der Waals surface area contributed by atoms with Gasteiger partial charge in [0.05, 0.1) is 54.6 Å². The predicted molar refractivity (Wildman–Crippen MR) is 121 cm³/mol. The summed E-state index contributed by atoms with van der Waals surface area (Å²) in [7, 11) is 0. The van der Waals surface area contributed by atoms with Crippen LogP contribution < -0.4 is 22.1 Å². The van der Waals surface area contributed by atoms with Crippen LogP contribution in [0.4, 0.5) is 65.7 Å². The standard InChI is InChI=1S/C18H12F2N8O8/c19-7-1-13(17(27(33)34)5-15(7)25(29)30)23-11-4-12(10(22)3-9(11)21)24-14-2-8(20)16(26(31)32)6-18(14)28(35)36/h1-6,23-24H,21-22H2. The summed E-state index contributed by atoms with van der Waals surface area (Å²) >= 11 is 0. The first-order chi connectivity index (χ1) is 16.8. The van der Waals surface area contributed by atoms with Crippen LogP contribution in [0.2, 0.25) is 0 Å². The van der Waals surface area contributed by atoms with Gasteiger partial charge >= 0.3 is 11.4 Å². The number of rotatable bonds is 8. The number of nitrogens with zero attached hydrogens (tertiary/aromatic N) is 4. The molecular weight excluding hydrogens is 494 g/mol. The summed E-state index contributed by atoms with van der Waals surface area (Å²) < 4.78 is 28.2. The van der Waals surface area contributed by atoms with E-state index >= 15 is 0 Å². The van der Waals surface area contributed by atoms with E-state index in [9.17, 15) is 49.2 Å². The number of anilines is 6. The molecule has 0 saturated heterocycles. The van der Waals surface area contributed by atoms with E-state index in [1.165, 1.54) is 0 Å². The van der Waals surface area contributed by atoms with E-state index in [2.05, 4.69) is 10.6 Å². The van der Waals surface area contributed by atoms with Gasteiger partial charge in [0.15, 0.2) is 0 Å². The molecule has 0 atom stereocenters. The second kappa shape index (κ2) is 9.29. The molecule has 0 saturated carbocycles. The number of nitro groups is 4. The first kappa shape index (κ1) is 25.0. The molecule has 16 nitrogen and oxygen atoms in total. The summed E-state index contributed by atoms with van der Waals surface area (Å²) in [4.78, 5) is 40.2. The lowest BCUT2D eigenvalue weighted by Gasteiger charge is -2.15. The predicted octanol–water partition coefficient (Wildman–Crippen LogP) is 4.25. The minimum Gasteiger partial charge on any atom is -0.397 e. The Morgan fingerprint density at radius 2 is 0.861 bits per heavy atom. The van der Waals surface area contributed by atoms with Crippen molar-refractivity contribution in [3.8, 4) is 0 Å². The average Bonchev–Trinajstić information content (AvgIpc) is 2.76. The van der Waals surface area contributed by atoms with Crippen LogP contribution in [0.15, 0.2) is 36.4 Å². The molecule has 0 unspecified atom stereocenters. The molecule has 0 aliphatic heterocycles. The van der Waals surface area contributed by atoms with Gasteiger partial charge in [-0.05, 0) is 12.1 Å². The first-order valence-corrected chi connectivity index (χ1v) is 9.27. The zero-order valence-corrected chi connectivity index (χ0v) is 17.4. The normalized spacial score (nSPS) is 10.5. The third-order valence-electron chi connectivity index (χ3n) is 4.68. The fourth-order valence-corrected chi connectivity index (χ4v) is 3.02.